The molecule has 0 aliphatic carbocycles. The van der Waals surface area contributed by atoms with Gasteiger partial charge in [0.05, 0.1) is 18.6 Å². The highest BCUT2D eigenvalue weighted by atomic mass is 32.2. The first-order chi connectivity index (χ1) is 12.0. The van der Waals surface area contributed by atoms with E-state index in [0.717, 1.165) is 12.7 Å². The van der Waals surface area contributed by atoms with Crippen LogP contribution in [0.4, 0.5) is 8.78 Å². The van der Waals surface area contributed by atoms with Crippen molar-refractivity contribution >= 4 is 16.0 Å². The van der Waals surface area contributed by atoms with Crippen LogP contribution in [-0.4, -0.2) is 62.3 Å². The highest BCUT2D eigenvalue weighted by Gasteiger charge is 2.61. The number of nitrogens with zero attached hydrogens (tertiary/aromatic N) is 2. The summed E-state index contributed by atoms with van der Waals surface area (Å²) < 4.78 is 60.0. The fraction of sp³-hybridized carbons (Fsp3) is 0.588. The Morgan fingerprint density at radius 3 is 2.65 bits per heavy atom. The van der Waals surface area contributed by atoms with Gasteiger partial charge < -0.3 is 9.64 Å². The number of hydrogen-bond acceptors (Lipinski definition) is 5. The Kier molecular flexibility index (Phi) is 4.61. The van der Waals surface area contributed by atoms with Gasteiger partial charge in [0.1, 0.15) is 5.54 Å². The second-order valence-electron chi connectivity index (χ2n) is 7.19. The van der Waals surface area contributed by atoms with Crippen LogP contribution in [0.25, 0.3) is 0 Å². The van der Waals surface area contributed by atoms with E-state index in [9.17, 15) is 22.0 Å². The number of carbonyl (C=O) groups is 1. The molecule has 0 N–H and O–H groups in total. The van der Waals surface area contributed by atoms with Gasteiger partial charge in [-0.05, 0) is 37.6 Å². The topological polar surface area (TPSA) is 66.9 Å². The van der Waals surface area contributed by atoms with E-state index in [1.165, 1.54) is 13.0 Å². The lowest BCUT2D eigenvalue weighted by atomic mass is 9.99. The summed E-state index contributed by atoms with van der Waals surface area (Å²) >= 11 is 0. The van der Waals surface area contributed by atoms with Crippen LogP contribution in [0, 0.1) is 0 Å². The molecule has 9 heteroatoms. The molecule has 6 nitrogen and oxygen atoms in total. The van der Waals surface area contributed by atoms with Crippen molar-refractivity contribution in [2.24, 2.45) is 0 Å². The Bertz CT molecular complexity index is 843. The Balaban J connectivity index is 2.11. The van der Waals surface area contributed by atoms with Crippen molar-refractivity contribution in [3.63, 3.8) is 0 Å². The van der Waals surface area contributed by atoms with Crippen molar-refractivity contribution in [3.8, 4) is 0 Å². The van der Waals surface area contributed by atoms with E-state index < -0.39 is 40.4 Å². The normalized spacial score (nSPS) is 26.5. The van der Waals surface area contributed by atoms with E-state index in [2.05, 4.69) is 9.64 Å². The molecule has 1 saturated heterocycles. The lowest BCUT2D eigenvalue weighted by molar-refractivity contribution is -0.150. The summed E-state index contributed by atoms with van der Waals surface area (Å²) in [7, 11) is -1.30. The van der Waals surface area contributed by atoms with Crippen LogP contribution in [-0.2, 0) is 32.5 Å². The molecule has 3 rings (SSSR count). The van der Waals surface area contributed by atoms with Crippen molar-refractivity contribution in [2.75, 3.05) is 27.2 Å². The van der Waals surface area contributed by atoms with Gasteiger partial charge in [-0.15, -0.1) is 0 Å². The number of esters is 1. The third kappa shape index (κ3) is 3.01. The van der Waals surface area contributed by atoms with Gasteiger partial charge in [-0.2, -0.15) is 4.31 Å². The maximum atomic E-state index is 14.1. The van der Waals surface area contributed by atoms with Gasteiger partial charge in [0.2, 0.25) is 10.0 Å². The molecule has 1 atom stereocenters. The molecule has 2 heterocycles. The molecule has 2 aliphatic rings. The van der Waals surface area contributed by atoms with Gasteiger partial charge in [0, 0.05) is 19.5 Å². The zero-order valence-corrected chi connectivity index (χ0v) is 15.8. The van der Waals surface area contributed by atoms with E-state index in [0.29, 0.717) is 29.4 Å². The number of likely N-dealkylation sites (N-methyl/N-ethyl adjacent to an activating group) is 1. The zero-order chi connectivity index (χ0) is 19.3. The molecule has 0 bridgehead atoms. The average molecular weight is 388 g/mol. The lowest BCUT2D eigenvalue weighted by Gasteiger charge is -2.32. The van der Waals surface area contributed by atoms with Gasteiger partial charge in [-0.25, -0.2) is 17.2 Å². The largest absolute Gasteiger partial charge is 0.468 e. The number of fused-ring (bicyclic) bond motifs is 1. The molecular formula is C17H22F2N2O4S. The fourth-order valence-electron chi connectivity index (χ4n) is 3.85. The minimum atomic E-state index is -4.30. The second-order valence-corrected chi connectivity index (χ2v) is 9.02. The minimum Gasteiger partial charge on any atom is -0.468 e. The third-order valence-electron chi connectivity index (χ3n) is 5.14. The number of benzene rings is 1. The summed E-state index contributed by atoms with van der Waals surface area (Å²) in [5.74, 6) is -4.28. The number of ether oxygens (including phenoxy) is 1. The second kappa shape index (κ2) is 6.24. The molecular weight excluding hydrogens is 366 g/mol. The maximum absolute atomic E-state index is 14.1. The van der Waals surface area contributed by atoms with Crippen LogP contribution in [0.5, 0.6) is 0 Å². The SMILES string of the molecule is COC(=O)C1(C)CC(F)(F)CN1S(=O)(=O)c1cccc2c1CCN(C)C2. The smallest absolute Gasteiger partial charge is 0.327 e. The van der Waals surface area contributed by atoms with E-state index in [1.54, 1.807) is 6.07 Å². The van der Waals surface area contributed by atoms with E-state index in [4.69, 9.17) is 0 Å². The molecule has 0 amide bonds. The monoisotopic (exact) mass is 388 g/mol. The average Bonchev–Trinajstić information content (AvgIpc) is 2.84. The molecule has 1 fully saturated rings. The Morgan fingerprint density at radius 2 is 2.00 bits per heavy atom. The van der Waals surface area contributed by atoms with Crippen molar-refractivity contribution in [3.05, 3.63) is 29.3 Å². The number of halogens is 2. The summed E-state index contributed by atoms with van der Waals surface area (Å²) in [6.07, 6.45) is -0.399. The molecule has 0 saturated carbocycles. The number of alkyl halides is 2. The molecule has 0 radical (unpaired) electrons. The molecule has 0 aromatic heterocycles. The first-order valence-corrected chi connectivity index (χ1v) is 9.74. The lowest BCUT2D eigenvalue weighted by Crippen LogP contribution is -2.51. The quantitative estimate of drug-likeness (QED) is 0.737. The third-order valence-corrected chi connectivity index (χ3v) is 7.19. The van der Waals surface area contributed by atoms with Crippen LogP contribution in [0.3, 0.4) is 0 Å². The van der Waals surface area contributed by atoms with Crippen LogP contribution in [0.1, 0.15) is 24.5 Å². The molecule has 1 unspecified atom stereocenters. The van der Waals surface area contributed by atoms with Crippen molar-refractivity contribution in [2.45, 2.75) is 42.7 Å². The van der Waals surface area contributed by atoms with E-state index >= 15 is 0 Å². The van der Waals surface area contributed by atoms with E-state index in [1.807, 2.05) is 13.1 Å². The minimum absolute atomic E-state index is 0.00377. The fourth-order valence-corrected chi connectivity index (χ4v) is 5.91. The molecule has 26 heavy (non-hydrogen) atoms. The predicted octanol–water partition coefficient (Wildman–Crippen LogP) is 1.64. The summed E-state index contributed by atoms with van der Waals surface area (Å²) in [6.45, 7) is 1.41. The number of sulfonamides is 1. The number of carbonyl (C=O) groups excluding carboxylic acids is 1. The van der Waals surface area contributed by atoms with Gasteiger partial charge in [-0.1, -0.05) is 12.1 Å². The molecule has 1 aromatic rings. The molecule has 1 aromatic carbocycles. The number of hydrogen-bond donors (Lipinski definition) is 0. The van der Waals surface area contributed by atoms with Gasteiger partial charge in [0.25, 0.3) is 5.92 Å². The standard InChI is InChI=1S/C17H22F2N2O4S/c1-16(15(22)25-3)10-17(18,19)11-21(16)26(23,24)14-6-4-5-12-9-20(2)8-7-13(12)14/h4-6H,7-11H2,1-3H3. The molecule has 2 aliphatic heterocycles. The van der Waals surface area contributed by atoms with Crippen molar-refractivity contribution < 1.29 is 26.7 Å². The summed E-state index contributed by atoms with van der Waals surface area (Å²) in [5, 5.41) is 0. The predicted molar refractivity (Wildman–Crippen MR) is 90.4 cm³/mol. The summed E-state index contributed by atoms with van der Waals surface area (Å²) in [4.78, 5) is 14.2. The number of methoxy groups -OCH3 is 1. The Labute approximate surface area is 151 Å². The van der Waals surface area contributed by atoms with Crippen molar-refractivity contribution in [1.29, 1.82) is 0 Å². The molecule has 0 spiro atoms. The first kappa shape index (κ1) is 19.2. The first-order valence-electron chi connectivity index (χ1n) is 8.30. The van der Waals surface area contributed by atoms with Gasteiger partial charge in [-0.3, -0.25) is 4.79 Å². The van der Waals surface area contributed by atoms with E-state index in [-0.39, 0.29) is 4.90 Å². The highest BCUT2D eigenvalue weighted by molar-refractivity contribution is 7.89. The van der Waals surface area contributed by atoms with Gasteiger partial charge >= 0.3 is 5.97 Å². The van der Waals surface area contributed by atoms with Crippen LogP contribution in [0.2, 0.25) is 0 Å². The Morgan fingerprint density at radius 1 is 1.31 bits per heavy atom. The highest BCUT2D eigenvalue weighted by Crippen LogP contribution is 2.44. The van der Waals surface area contributed by atoms with Crippen LogP contribution >= 0.6 is 0 Å². The maximum Gasteiger partial charge on any atom is 0.327 e. The van der Waals surface area contributed by atoms with Crippen molar-refractivity contribution in [1.82, 2.24) is 9.21 Å². The van der Waals surface area contributed by atoms with Gasteiger partial charge in [0.15, 0.2) is 0 Å². The number of rotatable bonds is 3. The Hall–Kier alpha value is -1.58. The van der Waals surface area contributed by atoms with Crippen LogP contribution < -0.4 is 0 Å². The molecule has 144 valence electrons. The summed E-state index contributed by atoms with van der Waals surface area (Å²) in [5.41, 5.74) is -0.454. The summed E-state index contributed by atoms with van der Waals surface area (Å²) in [6, 6.07) is 4.87. The zero-order valence-electron chi connectivity index (χ0n) is 15.0. The van der Waals surface area contributed by atoms with Crippen LogP contribution in [0.15, 0.2) is 23.1 Å².